The van der Waals surface area contributed by atoms with Crippen LogP contribution in [0.4, 0.5) is 4.79 Å². The fraction of sp³-hybridized carbons (Fsp3) is 0.154. The molecule has 0 bridgehead atoms. The Morgan fingerprint density at radius 1 is 1.06 bits per heavy atom. The van der Waals surface area contributed by atoms with Crippen molar-refractivity contribution in [2.75, 3.05) is 0 Å². The van der Waals surface area contributed by atoms with Crippen LogP contribution >= 0.6 is 11.8 Å². The summed E-state index contributed by atoms with van der Waals surface area (Å²) in [5, 5.41) is 9.89. The van der Waals surface area contributed by atoms with Crippen molar-refractivity contribution in [2.24, 2.45) is 5.10 Å². The van der Waals surface area contributed by atoms with E-state index in [9.17, 15) is 4.79 Å². The monoisotopic (exact) mass is 439 g/mol. The van der Waals surface area contributed by atoms with Crippen LogP contribution in [-0.2, 0) is 0 Å². The molecule has 6 heteroatoms. The van der Waals surface area contributed by atoms with Crippen LogP contribution in [0.3, 0.4) is 0 Å². The number of carbonyl (C=O) groups is 1. The summed E-state index contributed by atoms with van der Waals surface area (Å²) in [6, 6.07) is 26.4. The lowest BCUT2D eigenvalue weighted by molar-refractivity contribution is -0.0949. The second-order valence-corrected chi connectivity index (χ2v) is 9.21. The molecule has 6 rings (SSSR count). The summed E-state index contributed by atoms with van der Waals surface area (Å²) in [6.07, 6.45) is 2.76. The predicted octanol–water partition coefficient (Wildman–Crippen LogP) is 5.69. The number of para-hydroxylation sites is 1. The van der Waals surface area contributed by atoms with Gasteiger partial charge in [0.25, 0.3) is 5.24 Å². The SMILES string of the molecule is Cc1ccc(/C=C2\SC(=O)N[C@@]23Oc2ccccc2[C@@H]2CC(c4ccccc4)=NN23)cc1. The average molecular weight is 440 g/mol. The molecule has 1 fully saturated rings. The Morgan fingerprint density at radius 2 is 1.81 bits per heavy atom. The van der Waals surface area contributed by atoms with Crippen LogP contribution in [0, 0.1) is 6.92 Å². The van der Waals surface area contributed by atoms with Crippen molar-refractivity contribution < 1.29 is 9.53 Å². The maximum Gasteiger partial charge on any atom is 0.314 e. The van der Waals surface area contributed by atoms with Crippen molar-refractivity contribution in [3.05, 3.63) is 106 Å². The third-order valence-corrected chi connectivity index (χ3v) is 6.96. The highest BCUT2D eigenvalue weighted by Crippen LogP contribution is 2.52. The van der Waals surface area contributed by atoms with Gasteiger partial charge in [0.2, 0.25) is 0 Å². The first-order valence-electron chi connectivity index (χ1n) is 10.6. The number of benzene rings is 3. The molecule has 3 aliphatic rings. The molecule has 0 aliphatic carbocycles. The summed E-state index contributed by atoms with van der Waals surface area (Å²) in [4.78, 5) is 13.5. The molecular formula is C26H21N3O2S. The van der Waals surface area contributed by atoms with Gasteiger partial charge >= 0.3 is 5.85 Å². The molecule has 3 aromatic carbocycles. The van der Waals surface area contributed by atoms with Gasteiger partial charge in [0.05, 0.1) is 16.7 Å². The number of aryl methyl sites for hydroxylation is 1. The summed E-state index contributed by atoms with van der Waals surface area (Å²) in [5.41, 5.74) is 5.34. The first kappa shape index (κ1) is 19.2. The van der Waals surface area contributed by atoms with Gasteiger partial charge in [-0.15, -0.1) is 0 Å². The number of amides is 1. The van der Waals surface area contributed by atoms with E-state index in [2.05, 4.69) is 54.7 Å². The normalized spacial score (nSPS) is 24.7. The van der Waals surface area contributed by atoms with Crippen LogP contribution in [0.1, 0.15) is 34.7 Å². The number of fused-ring (bicyclic) bond motifs is 4. The van der Waals surface area contributed by atoms with Crippen molar-refractivity contribution in [2.45, 2.75) is 25.2 Å². The summed E-state index contributed by atoms with van der Waals surface area (Å²) in [5.74, 6) is -0.391. The maximum atomic E-state index is 12.7. The van der Waals surface area contributed by atoms with Crippen molar-refractivity contribution in [3.63, 3.8) is 0 Å². The minimum absolute atomic E-state index is 0.0319. The minimum atomic E-state index is -1.16. The summed E-state index contributed by atoms with van der Waals surface area (Å²) in [6.45, 7) is 2.06. The highest BCUT2D eigenvalue weighted by atomic mass is 32.2. The molecule has 0 unspecified atom stereocenters. The summed E-state index contributed by atoms with van der Waals surface area (Å²) >= 11 is 1.17. The molecule has 3 aliphatic heterocycles. The van der Waals surface area contributed by atoms with Crippen molar-refractivity contribution >= 4 is 28.8 Å². The van der Waals surface area contributed by atoms with Crippen LogP contribution in [-0.4, -0.2) is 21.8 Å². The number of hydrogen-bond donors (Lipinski definition) is 1. The topological polar surface area (TPSA) is 53.9 Å². The van der Waals surface area contributed by atoms with Crippen LogP contribution in [0.2, 0.25) is 0 Å². The molecule has 2 atom stereocenters. The van der Waals surface area contributed by atoms with Gasteiger partial charge in [-0.05, 0) is 42.0 Å². The van der Waals surface area contributed by atoms with Crippen LogP contribution in [0.25, 0.3) is 6.08 Å². The average Bonchev–Trinajstić information content (AvgIpc) is 3.39. The highest BCUT2D eigenvalue weighted by Gasteiger charge is 2.58. The van der Waals surface area contributed by atoms with E-state index in [1.807, 2.05) is 47.5 Å². The lowest BCUT2D eigenvalue weighted by Gasteiger charge is -2.45. The number of hydrogen-bond acceptors (Lipinski definition) is 5. The number of nitrogens with zero attached hydrogens (tertiary/aromatic N) is 2. The van der Waals surface area contributed by atoms with Crippen molar-refractivity contribution in [1.82, 2.24) is 10.3 Å². The van der Waals surface area contributed by atoms with E-state index >= 15 is 0 Å². The molecular weight excluding hydrogens is 418 g/mol. The maximum absolute atomic E-state index is 12.7. The molecule has 1 saturated heterocycles. The molecule has 32 heavy (non-hydrogen) atoms. The molecule has 1 spiro atoms. The van der Waals surface area contributed by atoms with E-state index in [1.54, 1.807) is 0 Å². The third kappa shape index (κ3) is 3.02. The second-order valence-electron chi connectivity index (χ2n) is 8.19. The van der Waals surface area contributed by atoms with E-state index in [-0.39, 0.29) is 11.3 Å². The second kappa shape index (κ2) is 7.28. The molecule has 0 aromatic heterocycles. The number of hydrazone groups is 1. The molecule has 5 nitrogen and oxygen atoms in total. The minimum Gasteiger partial charge on any atom is -0.444 e. The van der Waals surface area contributed by atoms with E-state index in [4.69, 9.17) is 9.84 Å². The Morgan fingerprint density at radius 3 is 2.62 bits per heavy atom. The zero-order valence-corrected chi connectivity index (χ0v) is 18.3. The summed E-state index contributed by atoms with van der Waals surface area (Å²) < 4.78 is 6.56. The number of nitrogens with one attached hydrogen (secondary N) is 1. The van der Waals surface area contributed by atoms with Gasteiger partial charge in [-0.2, -0.15) is 5.10 Å². The Labute approximate surface area is 190 Å². The van der Waals surface area contributed by atoms with Crippen LogP contribution < -0.4 is 10.1 Å². The van der Waals surface area contributed by atoms with Gasteiger partial charge in [0, 0.05) is 12.0 Å². The van der Waals surface area contributed by atoms with E-state index in [0.717, 1.165) is 39.5 Å². The molecule has 0 radical (unpaired) electrons. The Kier molecular flexibility index (Phi) is 4.36. The van der Waals surface area contributed by atoms with Gasteiger partial charge in [-0.1, -0.05) is 78.4 Å². The van der Waals surface area contributed by atoms with E-state index in [0.29, 0.717) is 0 Å². The number of thioether (sulfide) groups is 1. The molecule has 1 N–H and O–H groups in total. The fourth-order valence-electron chi connectivity index (χ4n) is 4.48. The predicted molar refractivity (Wildman–Crippen MR) is 127 cm³/mol. The number of rotatable bonds is 2. The van der Waals surface area contributed by atoms with Crippen molar-refractivity contribution in [1.29, 1.82) is 0 Å². The van der Waals surface area contributed by atoms with Gasteiger partial charge in [0.1, 0.15) is 5.75 Å². The molecule has 158 valence electrons. The smallest absolute Gasteiger partial charge is 0.314 e. The molecule has 0 saturated carbocycles. The summed E-state index contributed by atoms with van der Waals surface area (Å²) in [7, 11) is 0. The van der Waals surface area contributed by atoms with Gasteiger partial charge in [-0.25, -0.2) is 5.01 Å². The Hall–Kier alpha value is -3.51. The standard InChI is InChI=1S/C26H21N3O2S/c1-17-11-13-18(14-12-17)15-24-26(27-25(30)32-24)29-22(20-9-5-6-10-23(20)31-26)16-21(28-29)19-7-3-2-4-8-19/h2-15,22H,16H2,1H3,(H,27,30)/b24-15-/t22-,26-/m0/s1. The fourth-order valence-corrected chi connectivity index (χ4v) is 5.39. The zero-order valence-electron chi connectivity index (χ0n) is 17.5. The zero-order chi connectivity index (χ0) is 21.7. The van der Waals surface area contributed by atoms with Crippen LogP contribution in [0.5, 0.6) is 5.75 Å². The van der Waals surface area contributed by atoms with E-state index < -0.39 is 5.85 Å². The van der Waals surface area contributed by atoms with Gasteiger partial charge in [-0.3, -0.25) is 10.1 Å². The Balaban J connectivity index is 1.51. The van der Waals surface area contributed by atoms with Gasteiger partial charge in [0.15, 0.2) is 0 Å². The third-order valence-electron chi connectivity index (χ3n) is 6.06. The molecule has 3 heterocycles. The number of ether oxygens (including phenoxy) is 1. The number of carbonyl (C=O) groups excluding carboxylic acids is 1. The lowest BCUT2D eigenvalue weighted by atomic mass is 9.95. The van der Waals surface area contributed by atoms with Gasteiger partial charge < -0.3 is 4.74 Å². The Bertz CT molecular complexity index is 1270. The quantitative estimate of drug-likeness (QED) is 0.557. The largest absolute Gasteiger partial charge is 0.444 e. The van der Waals surface area contributed by atoms with Crippen LogP contribution in [0.15, 0.2) is 88.9 Å². The highest BCUT2D eigenvalue weighted by molar-refractivity contribution is 8.17. The lowest BCUT2D eigenvalue weighted by Crippen LogP contribution is -2.61. The molecule has 1 amide bonds. The first-order chi connectivity index (χ1) is 15.6. The first-order valence-corrected chi connectivity index (χ1v) is 11.4. The van der Waals surface area contributed by atoms with Crippen molar-refractivity contribution in [3.8, 4) is 5.75 Å². The molecule has 3 aromatic rings. The van der Waals surface area contributed by atoms with E-state index in [1.165, 1.54) is 17.3 Å².